The molecule has 30 heavy (non-hydrogen) atoms. The van der Waals surface area contributed by atoms with E-state index in [4.69, 9.17) is 19.4 Å². The van der Waals surface area contributed by atoms with E-state index in [0.29, 0.717) is 11.7 Å². The molecule has 0 radical (unpaired) electrons. The van der Waals surface area contributed by atoms with E-state index in [1.54, 1.807) is 17.1 Å². The molecule has 5 rings (SSSR count). The van der Waals surface area contributed by atoms with Crippen molar-refractivity contribution in [2.24, 2.45) is 0 Å². The van der Waals surface area contributed by atoms with Crippen LogP contribution in [-0.2, 0) is 0 Å². The number of benzene rings is 2. The maximum atomic E-state index is 5.58. The Kier molecular flexibility index (Phi) is 5.29. The van der Waals surface area contributed by atoms with Crippen molar-refractivity contribution in [1.82, 2.24) is 19.5 Å². The Labute approximate surface area is 180 Å². The number of anilines is 1. The first-order valence-electron chi connectivity index (χ1n) is 9.28. The highest BCUT2D eigenvalue weighted by molar-refractivity contribution is 5.89. The molecule has 0 saturated heterocycles. The van der Waals surface area contributed by atoms with Crippen molar-refractivity contribution in [2.45, 2.75) is 6.92 Å². The van der Waals surface area contributed by atoms with E-state index in [-0.39, 0.29) is 19.2 Å². The van der Waals surface area contributed by atoms with Crippen LogP contribution in [0.4, 0.5) is 5.82 Å². The van der Waals surface area contributed by atoms with Gasteiger partial charge in [0.2, 0.25) is 12.7 Å². The molecule has 1 N–H and O–H groups in total. The van der Waals surface area contributed by atoms with Crippen LogP contribution < -0.4 is 14.8 Å². The lowest BCUT2D eigenvalue weighted by atomic mass is 9.98. The summed E-state index contributed by atoms with van der Waals surface area (Å²) in [6, 6.07) is 14.2. The lowest BCUT2D eigenvalue weighted by molar-refractivity contribution is 0.174. The second kappa shape index (κ2) is 8.04. The van der Waals surface area contributed by atoms with Crippen LogP contribution in [-0.4, -0.2) is 33.4 Å². The van der Waals surface area contributed by atoms with Crippen LogP contribution in [0.15, 0.2) is 61.2 Å². The van der Waals surface area contributed by atoms with Gasteiger partial charge in [-0.05, 0) is 30.7 Å². The zero-order chi connectivity index (χ0) is 19.8. The van der Waals surface area contributed by atoms with Crippen molar-refractivity contribution in [3.8, 4) is 39.8 Å². The third kappa shape index (κ3) is 3.44. The molecule has 4 aromatic rings. The van der Waals surface area contributed by atoms with Crippen LogP contribution >= 0.6 is 12.4 Å². The average Bonchev–Trinajstić information content (AvgIpc) is 3.45. The molecule has 0 spiro atoms. The molecule has 0 bridgehead atoms. The molecule has 0 unspecified atom stereocenters. The molecule has 2 aromatic heterocycles. The van der Waals surface area contributed by atoms with Crippen molar-refractivity contribution in [3.63, 3.8) is 0 Å². The summed E-state index contributed by atoms with van der Waals surface area (Å²) in [5.74, 6) is 2.73. The van der Waals surface area contributed by atoms with Crippen molar-refractivity contribution in [2.75, 3.05) is 19.2 Å². The number of fused-ring (bicyclic) bond motifs is 1. The van der Waals surface area contributed by atoms with Crippen LogP contribution in [0.3, 0.4) is 0 Å². The molecule has 0 aliphatic carbocycles. The number of nitrogens with zero attached hydrogens (tertiary/aromatic N) is 4. The topological polar surface area (TPSA) is 74.1 Å². The molecule has 1 aliphatic heterocycles. The number of nitrogens with one attached hydrogen (secondary N) is 1. The number of aryl methyl sites for hydroxylation is 1. The second-order valence-corrected chi connectivity index (χ2v) is 6.75. The average molecular weight is 422 g/mol. The van der Waals surface area contributed by atoms with E-state index in [1.165, 1.54) is 5.56 Å². The largest absolute Gasteiger partial charge is 0.454 e. The highest BCUT2D eigenvalue weighted by Gasteiger charge is 2.21. The second-order valence-electron chi connectivity index (χ2n) is 6.75. The highest BCUT2D eigenvalue weighted by Crippen LogP contribution is 2.40. The normalized spacial score (nSPS) is 11.8. The van der Waals surface area contributed by atoms with Crippen LogP contribution in [0, 0.1) is 6.92 Å². The predicted octanol–water partition coefficient (Wildman–Crippen LogP) is 4.50. The zero-order valence-corrected chi connectivity index (χ0v) is 17.3. The van der Waals surface area contributed by atoms with E-state index < -0.39 is 0 Å². The van der Waals surface area contributed by atoms with Crippen molar-refractivity contribution in [1.29, 1.82) is 0 Å². The van der Waals surface area contributed by atoms with E-state index in [2.05, 4.69) is 41.5 Å². The number of hydrogen-bond donors (Lipinski definition) is 1. The Hall–Kier alpha value is -3.58. The zero-order valence-electron chi connectivity index (χ0n) is 16.5. The molecule has 0 saturated carbocycles. The van der Waals surface area contributed by atoms with E-state index in [0.717, 1.165) is 34.0 Å². The molecular weight excluding hydrogens is 402 g/mol. The molecule has 8 heteroatoms. The van der Waals surface area contributed by atoms with Gasteiger partial charge in [0.05, 0.1) is 11.3 Å². The summed E-state index contributed by atoms with van der Waals surface area (Å²) in [6.07, 6.45) is 5.21. The van der Waals surface area contributed by atoms with E-state index >= 15 is 0 Å². The summed E-state index contributed by atoms with van der Waals surface area (Å²) in [5.41, 5.74) is 4.88. The Morgan fingerprint density at radius 1 is 0.967 bits per heavy atom. The van der Waals surface area contributed by atoms with Crippen LogP contribution in [0.25, 0.3) is 28.3 Å². The fraction of sp³-hybridized carbons (Fsp3) is 0.136. The summed E-state index contributed by atoms with van der Waals surface area (Å²) >= 11 is 0. The monoisotopic (exact) mass is 421 g/mol. The fourth-order valence-corrected chi connectivity index (χ4v) is 3.37. The fourth-order valence-electron chi connectivity index (χ4n) is 3.37. The lowest BCUT2D eigenvalue weighted by Gasteiger charge is -2.16. The van der Waals surface area contributed by atoms with Gasteiger partial charge in [0.15, 0.2) is 11.5 Å². The third-order valence-electron chi connectivity index (χ3n) is 4.86. The number of ether oxygens (including phenoxy) is 2. The molecule has 2 aromatic carbocycles. The molecule has 7 nitrogen and oxygen atoms in total. The van der Waals surface area contributed by atoms with Gasteiger partial charge in [-0.15, -0.1) is 12.4 Å². The maximum absolute atomic E-state index is 5.58. The van der Waals surface area contributed by atoms with Gasteiger partial charge in [-0.25, -0.2) is 9.97 Å². The summed E-state index contributed by atoms with van der Waals surface area (Å²) in [4.78, 5) is 13.7. The molecule has 3 heterocycles. The van der Waals surface area contributed by atoms with Crippen LogP contribution in [0.1, 0.15) is 5.56 Å². The summed E-state index contributed by atoms with van der Waals surface area (Å²) in [7, 11) is 1.86. The maximum Gasteiger partial charge on any atom is 0.237 e. The summed E-state index contributed by atoms with van der Waals surface area (Å²) in [5, 5.41) is 3.23. The molecule has 152 valence electrons. The molecule has 0 fully saturated rings. The highest BCUT2D eigenvalue weighted by atomic mass is 35.5. The van der Waals surface area contributed by atoms with E-state index in [9.17, 15) is 0 Å². The Morgan fingerprint density at radius 3 is 2.47 bits per heavy atom. The number of aromatic nitrogens is 4. The Morgan fingerprint density at radius 2 is 1.73 bits per heavy atom. The standard InChI is InChI=1S/C22H19N5O2.ClH/c1-14-3-5-15(6-4-14)19-20(16-7-8-17-18(11-16)29-13-28-17)25-22(26-21(19)23-2)27-10-9-24-12-27;/h3-12H,13H2,1-2H3,(H,23,25,26);1H. The molecule has 0 atom stereocenters. The predicted molar refractivity (Wildman–Crippen MR) is 118 cm³/mol. The molecular formula is C22H20ClN5O2. The van der Waals surface area contributed by atoms with Gasteiger partial charge in [-0.3, -0.25) is 4.57 Å². The first-order valence-corrected chi connectivity index (χ1v) is 9.28. The lowest BCUT2D eigenvalue weighted by Crippen LogP contribution is -2.07. The van der Waals surface area contributed by atoms with Crippen molar-refractivity contribution >= 4 is 18.2 Å². The van der Waals surface area contributed by atoms with Gasteiger partial charge in [-0.1, -0.05) is 29.8 Å². The number of rotatable bonds is 4. The van der Waals surface area contributed by atoms with Crippen LogP contribution in [0.2, 0.25) is 0 Å². The summed E-state index contributed by atoms with van der Waals surface area (Å²) in [6.45, 7) is 2.30. The van der Waals surface area contributed by atoms with Gasteiger partial charge in [0.25, 0.3) is 0 Å². The first-order chi connectivity index (χ1) is 14.2. The van der Waals surface area contributed by atoms with Gasteiger partial charge in [0, 0.05) is 25.0 Å². The SMILES string of the molecule is CNc1nc(-n2ccnc2)nc(-c2ccc3c(c2)OCO3)c1-c1ccc(C)cc1.Cl. The Bertz CT molecular complexity index is 1180. The minimum absolute atomic E-state index is 0. The third-order valence-corrected chi connectivity index (χ3v) is 4.86. The molecule has 0 amide bonds. The van der Waals surface area contributed by atoms with Crippen molar-refractivity contribution < 1.29 is 9.47 Å². The van der Waals surface area contributed by atoms with Crippen molar-refractivity contribution in [3.05, 3.63) is 66.7 Å². The number of halogens is 1. The number of imidazole rings is 1. The smallest absolute Gasteiger partial charge is 0.237 e. The van der Waals surface area contributed by atoms with Crippen LogP contribution in [0.5, 0.6) is 11.5 Å². The van der Waals surface area contributed by atoms with E-state index in [1.807, 2.05) is 31.4 Å². The molecule has 1 aliphatic rings. The van der Waals surface area contributed by atoms with Gasteiger partial charge < -0.3 is 14.8 Å². The quantitative estimate of drug-likeness (QED) is 0.523. The van der Waals surface area contributed by atoms with Gasteiger partial charge >= 0.3 is 0 Å². The number of hydrogen-bond acceptors (Lipinski definition) is 6. The van der Waals surface area contributed by atoms with Gasteiger partial charge in [-0.2, -0.15) is 4.98 Å². The minimum Gasteiger partial charge on any atom is -0.454 e. The summed E-state index contributed by atoms with van der Waals surface area (Å²) < 4.78 is 12.8. The van der Waals surface area contributed by atoms with Gasteiger partial charge in [0.1, 0.15) is 12.1 Å². The minimum atomic E-state index is 0. The first kappa shape index (κ1) is 19.7. The Balaban J connectivity index is 0.00000218.